The van der Waals surface area contributed by atoms with Gasteiger partial charge in [-0.1, -0.05) is 45.0 Å². The smallest absolute Gasteiger partial charge is 0.264 e. The number of amides is 1. The molecule has 0 aliphatic rings. The molecule has 3 aromatic rings. The Morgan fingerprint density at radius 2 is 1.47 bits per heavy atom. The first kappa shape index (κ1) is 25.3. The number of rotatable bonds is 7. The third kappa shape index (κ3) is 5.59. The van der Waals surface area contributed by atoms with Crippen molar-refractivity contribution in [1.82, 2.24) is 5.32 Å². The molecule has 1 N–H and O–H groups in total. The molecule has 0 fully saturated rings. The maximum absolute atomic E-state index is 12.9. The van der Waals surface area contributed by atoms with Gasteiger partial charge in [-0.05, 0) is 72.0 Å². The van der Waals surface area contributed by atoms with Gasteiger partial charge in [-0.2, -0.15) is 0 Å². The van der Waals surface area contributed by atoms with Crippen LogP contribution in [-0.4, -0.2) is 28.5 Å². The number of nitrogens with one attached hydrogen (secondary N) is 1. The quantitative estimate of drug-likeness (QED) is 0.497. The largest absolute Gasteiger partial charge is 0.497 e. The molecular weight excluding hydrogens is 448 g/mol. The maximum Gasteiger partial charge on any atom is 0.264 e. The van der Waals surface area contributed by atoms with Crippen molar-refractivity contribution in [1.29, 1.82) is 0 Å². The number of benzene rings is 3. The van der Waals surface area contributed by atoms with Gasteiger partial charge in [0.25, 0.3) is 15.9 Å². The molecule has 0 saturated carbocycles. The summed E-state index contributed by atoms with van der Waals surface area (Å²) in [7, 11) is -0.733. The Morgan fingerprint density at radius 3 is 1.97 bits per heavy atom. The van der Waals surface area contributed by atoms with E-state index in [1.165, 1.54) is 36.2 Å². The zero-order chi connectivity index (χ0) is 25.1. The molecule has 0 heterocycles. The minimum Gasteiger partial charge on any atom is -0.497 e. The van der Waals surface area contributed by atoms with Crippen molar-refractivity contribution in [3.05, 3.63) is 89.5 Å². The molecule has 1 atom stereocenters. The molecule has 0 bridgehead atoms. The van der Waals surface area contributed by atoms with Crippen molar-refractivity contribution in [2.24, 2.45) is 0 Å². The van der Waals surface area contributed by atoms with Gasteiger partial charge in [0, 0.05) is 12.6 Å². The Morgan fingerprint density at radius 1 is 0.912 bits per heavy atom. The van der Waals surface area contributed by atoms with Gasteiger partial charge in [-0.3, -0.25) is 9.10 Å². The van der Waals surface area contributed by atoms with E-state index in [9.17, 15) is 13.2 Å². The number of carbonyl (C=O) groups excluding carboxylic acids is 1. The average Bonchev–Trinajstić information content (AvgIpc) is 2.83. The molecular formula is C27H32N2O4S. The molecule has 3 rings (SSSR count). The predicted octanol–water partition coefficient (Wildman–Crippen LogP) is 5.31. The van der Waals surface area contributed by atoms with Gasteiger partial charge in [0.05, 0.1) is 23.7 Å². The minimum absolute atomic E-state index is 0.0702. The van der Waals surface area contributed by atoms with Crippen molar-refractivity contribution in [2.75, 3.05) is 18.5 Å². The summed E-state index contributed by atoms with van der Waals surface area (Å²) in [5.74, 6) is 0.357. The highest BCUT2D eigenvalue weighted by Gasteiger charge is 2.22. The second-order valence-corrected chi connectivity index (χ2v) is 11.2. The Kier molecular flexibility index (Phi) is 7.36. The number of sulfonamides is 1. The van der Waals surface area contributed by atoms with Crippen LogP contribution in [0.5, 0.6) is 5.75 Å². The molecule has 0 radical (unpaired) electrons. The number of ether oxygens (including phenoxy) is 1. The summed E-state index contributed by atoms with van der Waals surface area (Å²) in [5, 5.41) is 3.00. The van der Waals surface area contributed by atoms with E-state index in [0.29, 0.717) is 17.0 Å². The van der Waals surface area contributed by atoms with Crippen molar-refractivity contribution in [3.8, 4) is 5.75 Å². The molecule has 1 amide bonds. The molecule has 3 aromatic carbocycles. The summed E-state index contributed by atoms with van der Waals surface area (Å²) in [6, 6.07) is 20.8. The molecule has 0 saturated heterocycles. The number of anilines is 1. The highest BCUT2D eigenvalue weighted by atomic mass is 32.2. The summed E-state index contributed by atoms with van der Waals surface area (Å²) in [5.41, 5.74) is 3.23. The second-order valence-electron chi connectivity index (χ2n) is 9.26. The Balaban J connectivity index is 1.69. The van der Waals surface area contributed by atoms with Crippen LogP contribution in [0.4, 0.5) is 5.69 Å². The first-order valence-corrected chi connectivity index (χ1v) is 12.5. The zero-order valence-electron chi connectivity index (χ0n) is 20.5. The standard InChI is InChI=1S/C27H32N2O4S/c1-19(20-7-11-22(12-8-20)27(2,3)4)28-26(30)21-9-13-23(14-10-21)29(5)34(31,32)25-17-15-24(33-6)16-18-25/h7-19H,1-6H3,(H,28,30)/t19-/m1/s1. The van der Waals surface area contributed by atoms with E-state index in [2.05, 4.69) is 38.2 Å². The van der Waals surface area contributed by atoms with E-state index in [-0.39, 0.29) is 22.3 Å². The lowest BCUT2D eigenvalue weighted by atomic mass is 9.86. The molecule has 34 heavy (non-hydrogen) atoms. The minimum atomic E-state index is -3.74. The highest BCUT2D eigenvalue weighted by molar-refractivity contribution is 7.92. The van der Waals surface area contributed by atoms with Crippen LogP contribution in [0.3, 0.4) is 0 Å². The van der Waals surface area contributed by atoms with Gasteiger partial charge in [0.15, 0.2) is 0 Å². The summed E-state index contributed by atoms with van der Waals surface area (Å²) >= 11 is 0. The van der Waals surface area contributed by atoms with E-state index in [4.69, 9.17) is 4.74 Å². The van der Waals surface area contributed by atoms with Crippen LogP contribution in [0.2, 0.25) is 0 Å². The van der Waals surface area contributed by atoms with Crippen molar-refractivity contribution >= 4 is 21.6 Å². The summed E-state index contributed by atoms with van der Waals surface area (Å²) in [6.07, 6.45) is 0. The van der Waals surface area contributed by atoms with Crippen LogP contribution in [0.15, 0.2) is 77.7 Å². The van der Waals surface area contributed by atoms with Crippen LogP contribution in [0.25, 0.3) is 0 Å². The molecule has 0 spiro atoms. The van der Waals surface area contributed by atoms with Gasteiger partial charge in [0.2, 0.25) is 0 Å². The number of carbonyl (C=O) groups is 1. The fourth-order valence-corrected chi connectivity index (χ4v) is 4.70. The summed E-state index contributed by atoms with van der Waals surface area (Å²) < 4.78 is 32.2. The van der Waals surface area contributed by atoms with Crippen LogP contribution in [-0.2, 0) is 15.4 Å². The monoisotopic (exact) mass is 480 g/mol. The SMILES string of the molecule is COc1ccc(S(=O)(=O)N(C)c2ccc(C(=O)N[C@H](C)c3ccc(C(C)(C)C)cc3)cc2)cc1. The van der Waals surface area contributed by atoms with Crippen LogP contribution in [0.1, 0.15) is 55.2 Å². The fraction of sp³-hybridized carbons (Fsp3) is 0.296. The van der Waals surface area contributed by atoms with Crippen LogP contribution in [0, 0.1) is 0 Å². The maximum atomic E-state index is 12.9. The van der Waals surface area contributed by atoms with E-state index in [1.807, 2.05) is 19.1 Å². The van der Waals surface area contributed by atoms with E-state index in [1.54, 1.807) is 36.4 Å². The topological polar surface area (TPSA) is 75.7 Å². The van der Waals surface area contributed by atoms with E-state index in [0.717, 1.165) is 5.56 Å². The molecule has 0 aliphatic heterocycles. The number of hydrogen-bond acceptors (Lipinski definition) is 4. The molecule has 7 heteroatoms. The Hall–Kier alpha value is -3.32. The Bertz CT molecular complexity index is 1230. The second kappa shape index (κ2) is 9.89. The van der Waals surface area contributed by atoms with Gasteiger partial charge in [-0.15, -0.1) is 0 Å². The van der Waals surface area contributed by atoms with Crippen molar-refractivity contribution in [3.63, 3.8) is 0 Å². The highest BCUT2D eigenvalue weighted by Crippen LogP contribution is 2.26. The van der Waals surface area contributed by atoms with Crippen molar-refractivity contribution in [2.45, 2.75) is 44.0 Å². The molecule has 180 valence electrons. The van der Waals surface area contributed by atoms with E-state index < -0.39 is 10.0 Å². The molecule has 0 aromatic heterocycles. The van der Waals surface area contributed by atoms with Crippen molar-refractivity contribution < 1.29 is 17.9 Å². The zero-order valence-corrected chi connectivity index (χ0v) is 21.3. The number of nitrogens with zero attached hydrogens (tertiary/aromatic N) is 1. The van der Waals surface area contributed by atoms with Gasteiger partial charge >= 0.3 is 0 Å². The average molecular weight is 481 g/mol. The molecule has 0 unspecified atom stereocenters. The predicted molar refractivity (Wildman–Crippen MR) is 136 cm³/mol. The lowest BCUT2D eigenvalue weighted by Gasteiger charge is -2.21. The van der Waals surface area contributed by atoms with E-state index >= 15 is 0 Å². The molecule has 6 nitrogen and oxygen atoms in total. The van der Waals surface area contributed by atoms with Crippen LogP contribution >= 0.6 is 0 Å². The van der Waals surface area contributed by atoms with Gasteiger partial charge < -0.3 is 10.1 Å². The third-order valence-electron chi connectivity index (χ3n) is 5.84. The van der Waals surface area contributed by atoms with Gasteiger partial charge in [0.1, 0.15) is 5.75 Å². The summed E-state index contributed by atoms with van der Waals surface area (Å²) in [6.45, 7) is 8.43. The lowest BCUT2D eigenvalue weighted by Crippen LogP contribution is -2.28. The lowest BCUT2D eigenvalue weighted by molar-refractivity contribution is 0.0940. The first-order chi connectivity index (χ1) is 15.9. The van der Waals surface area contributed by atoms with Gasteiger partial charge in [-0.25, -0.2) is 8.42 Å². The fourth-order valence-electron chi connectivity index (χ4n) is 3.50. The normalized spacial score (nSPS) is 12.6. The number of hydrogen-bond donors (Lipinski definition) is 1. The third-order valence-corrected chi connectivity index (χ3v) is 7.64. The summed E-state index contributed by atoms with van der Waals surface area (Å²) in [4.78, 5) is 12.9. The van der Waals surface area contributed by atoms with Crippen LogP contribution < -0.4 is 14.4 Å². The first-order valence-electron chi connectivity index (χ1n) is 11.1. The number of methoxy groups -OCH3 is 1. The molecule has 0 aliphatic carbocycles. The Labute approximate surface area is 202 Å².